The average Bonchev–Trinajstić information content (AvgIpc) is 2.74. The predicted octanol–water partition coefficient (Wildman–Crippen LogP) is 1.92. The van der Waals surface area contributed by atoms with E-state index in [1.807, 2.05) is 4.68 Å². The summed E-state index contributed by atoms with van der Waals surface area (Å²) in [6, 6.07) is 0.667. The van der Waals surface area contributed by atoms with E-state index in [9.17, 15) is 0 Å². The third kappa shape index (κ3) is 4.00. The van der Waals surface area contributed by atoms with E-state index >= 15 is 0 Å². The Morgan fingerprint density at radius 1 is 1.47 bits per heavy atom. The van der Waals surface area contributed by atoms with Crippen molar-refractivity contribution in [2.45, 2.75) is 45.8 Å². The van der Waals surface area contributed by atoms with Crippen molar-refractivity contribution in [2.24, 2.45) is 5.92 Å². The molecule has 0 radical (unpaired) electrons. The first kappa shape index (κ1) is 12.9. The molecule has 4 nitrogen and oxygen atoms in total. The molecular weight excluding hydrogens is 232 g/mol. The van der Waals surface area contributed by atoms with Crippen molar-refractivity contribution >= 4 is 11.8 Å². The maximum absolute atomic E-state index is 4.34. The number of thioether (sulfide) groups is 1. The minimum absolute atomic E-state index is 0.613. The highest BCUT2D eigenvalue weighted by Crippen LogP contribution is 2.17. The molecule has 0 atom stereocenters. The zero-order valence-corrected chi connectivity index (χ0v) is 11.5. The molecule has 0 aliphatic carbocycles. The van der Waals surface area contributed by atoms with E-state index in [1.165, 1.54) is 24.3 Å². The van der Waals surface area contributed by atoms with Crippen LogP contribution in [0.1, 0.15) is 32.5 Å². The van der Waals surface area contributed by atoms with Crippen LogP contribution < -0.4 is 5.32 Å². The summed E-state index contributed by atoms with van der Waals surface area (Å²) in [6.45, 7) is 6.22. The highest BCUT2D eigenvalue weighted by molar-refractivity contribution is 7.99. The van der Waals surface area contributed by atoms with Gasteiger partial charge in [-0.05, 0) is 30.3 Å². The lowest BCUT2D eigenvalue weighted by atomic mass is 10.1. The lowest BCUT2D eigenvalue weighted by molar-refractivity contribution is 0.431. The van der Waals surface area contributed by atoms with Gasteiger partial charge in [-0.1, -0.05) is 13.8 Å². The minimum Gasteiger partial charge on any atom is -0.307 e. The second-order valence-electron chi connectivity index (χ2n) is 5.02. The summed E-state index contributed by atoms with van der Waals surface area (Å²) in [5.41, 5.74) is 0. The van der Waals surface area contributed by atoms with Gasteiger partial charge in [0.1, 0.15) is 12.2 Å². The summed E-state index contributed by atoms with van der Waals surface area (Å²) in [5.74, 6) is 4.26. The van der Waals surface area contributed by atoms with E-state index in [1.54, 1.807) is 6.33 Å². The molecule has 96 valence electrons. The minimum atomic E-state index is 0.613. The largest absolute Gasteiger partial charge is 0.307 e. The molecule has 1 aromatic heterocycles. The maximum Gasteiger partial charge on any atom is 0.140 e. The van der Waals surface area contributed by atoms with Crippen molar-refractivity contribution in [1.29, 1.82) is 0 Å². The Bertz CT molecular complexity index is 331. The van der Waals surface area contributed by atoms with Crippen molar-refractivity contribution in [3.05, 3.63) is 12.2 Å². The van der Waals surface area contributed by atoms with Crippen molar-refractivity contribution in [2.75, 3.05) is 11.5 Å². The molecule has 1 fully saturated rings. The second-order valence-corrected chi connectivity index (χ2v) is 6.24. The van der Waals surface area contributed by atoms with Gasteiger partial charge in [0.2, 0.25) is 0 Å². The van der Waals surface area contributed by atoms with Crippen LogP contribution in [0.15, 0.2) is 6.33 Å². The lowest BCUT2D eigenvalue weighted by Gasteiger charge is -2.22. The average molecular weight is 254 g/mol. The molecular formula is C12H22N4S. The molecule has 1 saturated heterocycles. The predicted molar refractivity (Wildman–Crippen MR) is 72.0 cm³/mol. The van der Waals surface area contributed by atoms with Crippen LogP contribution in [0.3, 0.4) is 0 Å². The molecule has 5 heteroatoms. The molecule has 0 amide bonds. The van der Waals surface area contributed by atoms with E-state index in [0.717, 1.165) is 18.9 Å². The fourth-order valence-electron chi connectivity index (χ4n) is 2.06. The number of rotatable bonds is 5. The molecule has 1 aliphatic heterocycles. The Morgan fingerprint density at radius 2 is 2.24 bits per heavy atom. The topological polar surface area (TPSA) is 42.7 Å². The molecule has 2 heterocycles. The zero-order valence-electron chi connectivity index (χ0n) is 10.7. The van der Waals surface area contributed by atoms with E-state index < -0.39 is 0 Å². The second kappa shape index (κ2) is 6.40. The van der Waals surface area contributed by atoms with Gasteiger partial charge in [-0.15, -0.1) is 0 Å². The van der Waals surface area contributed by atoms with Crippen LogP contribution in [0.25, 0.3) is 0 Å². The van der Waals surface area contributed by atoms with Crippen molar-refractivity contribution in [3.63, 3.8) is 0 Å². The van der Waals surface area contributed by atoms with Crippen molar-refractivity contribution in [1.82, 2.24) is 20.1 Å². The summed E-state index contributed by atoms with van der Waals surface area (Å²) in [4.78, 5) is 4.34. The molecule has 2 rings (SSSR count). The Morgan fingerprint density at radius 3 is 2.94 bits per heavy atom. The van der Waals surface area contributed by atoms with Gasteiger partial charge < -0.3 is 5.32 Å². The normalized spacial score (nSPS) is 17.8. The van der Waals surface area contributed by atoms with Gasteiger partial charge in [0, 0.05) is 12.6 Å². The molecule has 0 spiro atoms. The van der Waals surface area contributed by atoms with Crippen LogP contribution in [0.4, 0.5) is 0 Å². The molecule has 1 aromatic rings. The standard InChI is InChI=1S/C12H22N4S/c1-10(2)8-16-12(14-9-15-16)7-13-11-3-5-17-6-4-11/h9-11,13H,3-8H2,1-2H3. The van der Waals surface area contributed by atoms with Gasteiger partial charge >= 0.3 is 0 Å². The first-order chi connectivity index (χ1) is 8.25. The van der Waals surface area contributed by atoms with Gasteiger partial charge in [-0.3, -0.25) is 0 Å². The van der Waals surface area contributed by atoms with Gasteiger partial charge in [0.05, 0.1) is 6.54 Å². The summed E-state index contributed by atoms with van der Waals surface area (Å²) in [6.07, 6.45) is 4.22. The van der Waals surface area contributed by atoms with Gasteiger partial charge in [-0.2, -0.15) is 16.9 Å². The highest BCUT2D eigenvalue weighted by Gasteiger charge is 2.14. The molecule has 0 unspecified atom stereocenters. The van der Waals surface area contributed by atoms with E-state index in [-0.39, 0.29) is 0 Å². The molecule has 1 aliphatic rings. The van der Waals surface area contributed by atoms with Gasteiger partial charge in [0.15, 0.2) is 0 Å². The first-order valence-electron chi connectivity index (χ1n) is 6.43. The summed E-state index contributed by atoms with van der Waals surface area (Å²) in [5, 5.41) is 7.88. The number of nitrogens with zero attached hydrogens (tertiary/aromatic N) is 3. The number of hydrogen-bond acceptors (Lipinski definition) is 4. The third-order valence-electron chi connectivity index (χ3n) is 3.00. The van der Waals surface area contributed by atoms with Crippen LogP contribution in [-0.2, 0) is 13.1 Å². The van der Waals surface area contributed by atoms with E-state index in [0.29, 0.717) is 12.0 Å². The fraction of sp³-hybridized carbons (Fsp3) is 0.833. The molecule has 1 N–H and O–H groups in total. The van der Waals surface area contributed by atoms with Crippen molar-refractivity contribution in [3.8, 4) is 0 Å². The number of aromatic nitrogens is 3. The van der Waals surface area contributed by atoms with Crippen LogP contribution in [-0.4, -0.2) is 32.3 Å². The Balaban J connectivity index is 1.83. The van der Waals surface area contributed by atoms with Crippen LogP contribution >= 0.6 is 11.8 Å². The van der Waals surface area contributed by atoms with Crippen LogP contribution in [0.2, 0.25) is 0 Å². The number of hydrogen-bond donors (Lipinski definition) is 1. The summed E-state index contributed by atoms with van der Waals surface area (Å²) in [7, 11) is 0. The van der Waals surface area contributed by atoms with E-state index in [4.69, 9.17) is 0 Å². The highest BCUT2D eigenvalue weighted by atomic mass is 32.2. The Kier molecular flexibility index (Phi) is 4.86. The molecule has 0 bridgehead atoms. The molecule has 0 aromatic carbocycles. The van der Waals surface area contributed by atoms with E-state index in [2.05, 4.69) is 41.0 Å². The van der Waals surface area contributed by atoms with Gasteiger partial charge in [-0.25, -0.2) is 9.67 Å². The Labute approximate surface area is 108 Å². The lowest BCUT2D eigenvalue weighted by Crippen LogP contribution is -2.33. The smallest absolute Gasteiger partial charge is 0.140 e. The fourth-order valence-corrected chi connectivity index (χ4v) is 3.17. The molecule has 0 saturated carbocycles. The van der Waals surface area contributed by atoms with Gasteiger partial charge in [0.25, 0.3) is 0 Å². The number of nitrogens with one attached hydrogen (secondary N) is 1. The maximum atomic E-state index is 4.34. The van der Waals surface area contributed by atoms with Crippen molar-refractivity contribution < 1.29 is 0 Å². The zero-order chi connectivity index (χ0) is 12.1. The third-order valence-corrected chi connectivity index (χ3v) is 4.05. The summed E-state index contributed by atoms with van der Waals surface area (Å²) >= 11 is 2.06. The quantitative estimate of drug-likeness (QED) is 0.872. The Hall–Kier alpha value is -0.550. The summed E-state index contributed by atoms with van der Waals surface area (Å²) < 4.78 is 2.02. The monoisotopic (exact) mass is 254 g/mol. The SMILES string of the molecule is CC(C)Cn1ncnc1CNC1CCSCC1. The molecule has 17 heavy (non-hydrogen) atoms. The first-order valence-corrected chi connectivity index (χ1v) is 7.59. The van der Waals surface area contributed by atoms with Crippen LogP contribution in [0.5, 0.6) is 0 Å². The van der Waals surface area contributed by atoms with Crippen LogP contribution in [0, 0.1) is 5.92 Å².